The number of ether oxygens (including phenoxy) is 1. The lowest BCUT2D eigenvalue weighted by Gasteiger charge is -2.35. The second-order valence-corrected chi connectivity index (χ2v) is 6.39. The van der Waals surface area contributed by atoms with Crippen molar-refractivity contribution in [3.05, 3.63) is 0 Å². The van der Waals surface area contributed by atoms with Crippen LogP contribution in [0.25, 0.3) is 0 Å². The Labute approximate surface area is 117 Å². The SMILES string of the molecule is CC1CCC(O)(CNCCCN2CCOCC2)CC1. The molecule has 2 fully saturated rings. The van der Waals surface area contributed by atoms with Gasteiger partial charge in [-0.05, 0) is 51.1 Å². The smallest absolute Gasteiger partial charge is 0.0771 e. The minimum absolute atomic E-state index is 0.439. The van der Waals surface area contributed by atoms with Crippen molar-refractivity contribution in [3.63, 3.8) is 0 Å². The van der Waals surface area contributed by atoms with E-state index in [1.165, 1.54) is 12.8 Å². The van der Waals surface area contributed by atoms with Crippen molar-refractivity contribution in [2.45, 2.75) is 44.6 Å². The van der Waals surface area contributed by atoms with Crippen molar-refractivity contribution < 1.29 is 9.84 Å². The van der Waals surface area contributed by atoms with E-state index in [1.54, 1.807) is 0 Å². The van der Waals surface area contributed by atoms with Crippen LogP contribution in [-0.4, -0.2) is 61.5 Å². The van der Waals surface area contributed by atoms with Gasteiger partial charge in [0, 0.05) is 19.6 Å². The third-order valence-corrected chi connectivity index (χ3v) is 4.59. The second kappa shape index (κ2) is 7.58. The monoisotopic (exact) mass is 270 g/mol. The summed E-state index contributed by atoms with van der Waals surface area (Å²) < 4.78 is 5.34. The lowest BCUT2D eigenvalue weighted by molar-refractivity contribution is -0.00628. The summed E-state index contributed by atoms with van der Waals surface area (Å²) in [5.41, 5.74) is -0.439. The Hall–Kier alpha value is -0.160. The number of morpholine rings is 1. The first-order valence-corrected chi connectivity index (χ1v) is 7.91. The first kappa shape index (κ1) is 15.2. The van der Waals surface area contributed by atoms with E-state index in [0.717, 1.165) is 71.1 Å². The molecular weight excluding hydrogens is 240 g/mol. The van der Waals surface area contributed by atoms with E-state index >= 15 is 0 Å². The number of hydrogen-bond acceptors (Lipinski definition) is 4. The Bertz CT molecular complexity index is 247. The van der Waals surface area contributed by atoms with Gasteiger partial charge in [-0.3, -0.25) is 4.90 Å². The number of nitrogens with zero attached hydrogens (tertiary/aromatic N) is 1. The van der Waals surface area contributed by atoms with E-state index in [-0.39, 0.29) is 0 Å². The molecule has 0 unspecified atom stereocenters. The normalized spacial score (nSPS) is 33.5. The maximum absolute atomic E-state index is 10.4. The van der Waals surface area contributed by atoms with E-state index in [1.807, 2.05) is 0 Å². The third kappa shape index (κ3) is 5.38. The predicted molar refractivity (Wildman–Crippen MR) is 77.3 cm³/mol. The summed E-state index contributed by atoms with van der Waals surface area (Å²) in [6, 6.07) is 0. The first-order valence-electron chi connectivity index (χ1n) is 7.91. The van der Waals surface area contributed by atoms with Crippen LogP contribution < -0.4 is 5.32 Å². The lowest BCUT2D eigenvalue weighted by atomic mass is 9.79. The van der Waals surface area contributed by atoms with Crippen LogP contribution in [0.15, 0.2) is 0 Å². The molecule has 0 aromatic heterocycles. The minimum atomic E-state index is -0.439. The molecule has 0 radical (unpaired) electrons. The molecular formula is C15H30N2O2. The van der Waals surface area contributed by atoms with Crippen LogP contribution in [-0.2, 0) is 4.74 Å². The van der Waals surface area contributed by atoms with Crippen molar-refractivity contribution in [2.75, 3.05) is 45.9 Å². The van der Waals surface area contributed by atoms with Gasteiger partial charge in [-0.25, -0.2) is 0 Å². The average Bonchev–Trinajstić information content (AvgIpc) is 2.43. The van der Waals surface area contributed by atoms with Gasteiger partial charge in [0.2, 0.25) is 0 Å². The summed E-state index contributed by atoms with van der Waals surface area (Å²) in [5.74, 6) is 0.793. The standard InChI is InChI=1S/C15H30N2O2/c1-14-3-5-15(18,6-4-14)13-16-7-2-8-17-9-11-19-12-10-17/h14,16,18H,2-13H2,1H3. The first-order chi connectivity index (χ1) is 9.18. The van der Waals surface area contributed by atoms with Crippen LogP contribution in [0.2, 0.25) is 0 Å². The van der Waals surface area contributed by atoms with Gasteiger partial charge in [0.1, 0.15) is 0 Å². The summed E-state index contributed by atoms with van der Waals surface area (Å²) in [6.07, 6.45) is 5.43. The van der Waals surface area contributed by atoms with E-state index < -0.39 is 5.60 Å². The molecule has 1 heterocycles. The highest BCUT2D eigenvalue weighted by Gasteiger charge is 2.31. The second-order valence-electron chi connectivity index (χ2n) is 6.39. The van der Waals surface area contributed by atoms with E-state index in [9.17, 15) is 5.11 Å². The summed E-state index contributed by atoms with van der Waals surface area (Å²) >= 11 is 0. The summed E-state index contributed by atoms with van der Waals surface area (Å²) in [5, 5.41) is 13.9. The van der Waals surface area contributed by atoms with Crippen molar-refractivity contribution >= 4 is 0 Å². The fourth-order valence-corrected chi connectivity index (χ4v) is 3.05. The van der Waals surface area contributed by atoms with Gasteiger partial charge in [0.25, 0.3) is 0 Å². The van der Waals surface area contributed by atoms with E-state index in [0.29, 0.717) is 0 Å². The summed E-state index contributed by atoms with van der Waals surface area (Å²) in [6.45, 7) is 9.11. The van der Waals surface area contributed by atoms with Crippen molar-refractivity contribution in [1.29, 1.82) is 0 Å². The minimum Gasteiger partial charge on any atom is -0.389 e. The van der Waals surface area contributed by atoms with Gasteiger partial charge in [-0.2, -0.15) is 0 Å². The predicted octanol–water partition coefficient (Wildman–Crippen LogP) is 1.24. The molecule has 2 N–H and O–H groups in total. The molecule has 112 valence electrons. The molecule has 1 aliphatic carbocycles. The van der Waals surface area contributed by atoms with Gasteiger partial charge < -0.3 is 15.2 Å². The molecule has 0 amide bonds. The zero-order valence-corrected chi connectivity index (χ0v) is 12.4. The number of aliphatic hydroxyl groups is 1. The van der Waals surface area contributed by atoms with Crippen LogP contribution in [0.4, 0.5) is 0 Å². The molecule has 0 atom stereocenters. The topological polar surface area (TPSA) is 44.7 Å². The van der Waals surface area contributed by atoms with Gasteiger partial charge >= 0.3 is 0 Å². The van der Waals surface area contributed by atoms with Crippen LogP contribution >= 0.6 is 0 Å². The van der Waals surface area contributed by atoms with Crippen molar-refractivity contribution in [2.24, 2.45) is 5.92 Å². The fraction of sp³-hybridized carbons (Fsp3) is 1.00. The lowest BCUT2D eigenvalue weighted by Crippen LogP contribution is -2.44. The van der Waals surface area contributed by atoms with E-state index in [2.05, 4.69) is 17.1 Å². The maximum atomic E-state index is 10.4. The molecule has 1 aliphatic heterocycles. The molecule has 0 spiro atoms. The highest BCUT2D eigenvalue weighted by atomic mass is 16.5. The molecule has 2 aliphatic rings. The molecule has 0 aromatic carbocycles. The average molecular weight is 270 g/mol. The largest absolute Gasteiger partial charge is 0.389 e. The zero-order valence-electron chi connectivity index (χ0n) is 12.4. The summed E-state index contributed by atoms with van der Waals surface area (Å²) in [7, 11) is 0. The quantitative estimate of drug-likeness (QED) is 0.713. The summed E-state index contributed by atoms with van der Waals surface area (Å²) in [4.78, 5) is 2.46. The molecule has 1 saturated carbocycles. The Kier molecular flexibility index (Phi) is 6.07. The molecule has 0 bridgehead atoms. The zero-order chi connectivity index (χ0) is 13.6. The Morgan fingerprint density at radius 1 is 1.26 bits per heavy atom. The molecule has 0 aromatic rings. The molecule has 1 saturated heterocycles. The Balaban J connectivity index is 1.51. The maximum Gasteiger partial charge on any atom is 0.0771 e. The van der Waals surface area contributed by atoms with Crippen LogP contribution in [0.3, 0.4) is 0 Å². The molecule has 19 heavy (non-hydrogen) atoms. The van der Waals surface area contributed by atoms with Gasteiger partial charge in [0.15, 0.2) is 0 Å². The third-order valence-electron chi connectivity index (χ3n) is 4.59. The van der Waals surface area contributed by atoms with Gasteiger partial charge in [-0.1, -0.05) is 6.92 Å². The fourth-order valence-electron chi connectivity index (χ4n) is 3.05. The van der Waals surface area contributed by atoms with Crippen molar-refractivity contribution in [3.8, 4) is 0 Å². The number of hydrogen-bond donors (Lipinski definition) is 2. The van der Waals surface area contributed by atoms with Crippen molar-refractivity contribution in [1.82, 2.24) is 10.2 Å². The van der Waals surface area contributed by atoms with Crippen LogP contribution in [0.5, 0.6) is 0 Å². The Morgan fingerprint density at radius 3 is 2.63 bits per heavy atom. The van der Waals surface area contributed by atoms with Crippen LogP contribution in [0.1, 0.15) is 39.0 Å². The molecule has 4 heteroatoms. The Morgan fingerprint density at radius 2 is 1.95 bits per heavy atom. The highest BCUT2D eigenvalue weighted by molar-refractivity contribution is 4.86. The van der Waals surface area contributed by atoms with Gasteiger partial charge in [-0.15, -0.1) is 0 Å². The van der Waals surface area contributed by atoms with Gasteiger partial charge in [0.05, 0.1) is 18.8 Å². The highest BCUT2D eigenvalue weighted by Crippen LogP contribution is 2.31. The number of nitrogens with one attached hydrogen (secondary N) is 1. The molecule has 2 rings (SSSR count). The van der Waals surface area contributed by atoms with E-state index in [4.69, 9.17) is 4.74 Å². The van der Waals surface area contributed by atoms with Crippen LogP contribution in [0, 0.1) is 5.92 Å². The molecule has 4 nitrogen and oxygen atoms in total. The number of rotatable bonds is 6.